The van der Waals surface area contributed by atoms with Crippen LogP contribution < -0.4 is 0 Å². The number of hydrogen-bond donors (Lipinski definition) is 0. The molecule has 1 aliphatic heterocycles. The van der Waals surface area contributed by atoms with Crippen LogP contribution in [0.2, 0.25) is 5.02 Å². The molecule has 1 aromatic rings. The zero-order chi connectivity index (χ0) is 20.5. The van der Waals surface area contributed by atoms with E-state index in [9.17, 15) is 14.0 Å². The third kappa shape index (κ3) is 5.16. The van der Waals surface area contributed by atoms with E-state index in [0.29, 0.717) is 36.5 Å². The maximum Gasteiger partial charge on any atom is 0.410 e. The number of piperidine rings is 1. The van der Waals surface area contributed by atoms with Crippen LogP contribution in [-0.2, 0) is 16.1 Å². The van der Waals surface area contributed by atoms with Gasteiger partial charge >= 0.3 is 6.09 Å². The van der Waals surface area contributed by atoms with E-state index in [4.69, 9.17) is 16.3 Å². The van der Waals surface area contributed by atoms with Crippen LogP contribution in [0.25, 0.3) is 0 Å². The highest BCUT2D eigenvalue weighted by atomic mass is 35.5. The summed E-state index contributed by atoms with van der Waals surface area (Å²) in [6, 6.07) is 4.74. The van der Waals surface area contributed by atoms with E-state index in [-0.39, 0.29) is 36.3 Å². The number of likely N-dealkylation sites (tertiary alicyclic amines) is 1. The molecule has 0 spiro atoms. The summed E-state index contributed by atoms with van der Waals surface area (Å²) in [5.74, 6) is -0.513. The van der Waals surface area contributed by atoms with Crippen molar-refractivity contribution >= 4 is 23.6 Å². The summed E-state index contributed by atoms with van der Waals surface area (Å²) in [4.78, 5) is 28.8. The predicted molar refractivity (Wildman–Crippen MR) is 106 cm³/mol. The molecule has 0 N–H and O–H groups in total. The third-order valence-electron chi connectivity index (χ3n) is 5.16. The van der Waals surface area contributed by atoms with Gasteiger partial charge in [0.05, 0.1) is 6.54 Å². The molecule has 28 heavy (non-hydrogen) atoms. The molecule has 3 rings (SSSR count). The SMILES string of the molecule is CC(C)(C)OC(=O)N1CCC(C(=O)N(Cc2c(F)cccc2Cl)C2CC2)CC1. The maximum absolute atomic E-state index is 14.2. The average Bonchev–Trinajstić information content (AvgIpc) is 3.45. The molecule has 0 bridgehead atoms. The van der Waals surface area contributed by atoms with Crippen LogP contribution in [0.4, 0.5) is 9.18 Å². The van der Waals surface area contributed by atoms with Gasteiger partial charge in [0.2, 0.25) is 5.91 Å². The normalized spacial score (nSPS) is 18.1. The second kappa shape index (κ2) is 8.27. The van der Waals surface area contributed by atoms with Crippen molar-refractivity contribution in [3.8, 4) is 0 Å². The Morgan fingerprint density at radius 3 is 2.39 bits per heavy atom. The van der Waals surface area contributed by atoms with Crippen molar-refractivity contribution in [3.63, 3.8) is 0 Å². The Morgan fingerprint density at radius 2 is 1.86 bits per heavy atom. The number of hydrogen-bond acceptors (Lipinski definition) is 3. The van der Waals surface area contributed by atoms with E-state index in [1.54, 1.807) is 21.9 Å². The number of carbonyl (C=O) groups is 2. The van der Waals surface area contributed by atoms with Gasteiger partial charge in [-0.3, -0.25) is 4.79 Å². The van der Waals surface area contributed by atoms with Gasteiger partial charge < -0.3 is 14.5 Å². The lowest BCUT2D eigenvalue weighted by Crippen LogP contribution is -2.46. The molecule has 0 atom stereocenters. The Morgan fingerprint density at radius 1 is 1.21 bits per heavy atom. The third-order valence-corrected chi connectivity index (χ3v) is 5.51. The summed E-state index contributed by atoms with van der Waals surface area (Å²) in [5, 5.41) is 0.346. The topological polar surface area (TPSA) is 49.9 Å². The van der Waals surface area contributed by atoms with Crippen LogP contribution in [0.15, 0.2) is 18.2 Å². The summed E-state index contributed by atoms with van der Waals surface area (Å²) >= 11 is 6.16. The van der Waals surface area contributed by atoms with Gasteiger partial charge in [0, 0.05) is 35.6 Å². The minimum Gasteiger partial charge on any atom is -0.444 e. The molecule has 7 heteroatoms. The Labute approximate surface area is 170 Å². The van der Waals surface area contributed by atoms with E-state index < -0.39 is 5.60 Å². The molecule has 0 aromatic heterocycles. The quantitative estimate of drug-likeness (QED) is 0.727. The van der Waals surface area contributed by atoms with Gasteiger partial charge in [-0.2, -0.15) is 0 Å². The van der Waals surface area contributed by atoms with Crippen LogP contribution in [0.5, 0.6) is 0 Å². The lowest BCUT2D eigenvalue weighted by Gasteiger charge is -2.35. The minimum atomic E-state index is -0.536. The van der Waals surface area contributed by atoms with Crippen molar-refractivity contribution in [2.24, 2.45) is 5.92 Å². The highest BCUT2D eigenvalue weighted by molar-refractivity contribution is 6.31. The van der Waals surface area contributed by atoms with E-state index >= 15 is 0 Å². The van der Waals surface area contributed by atoms with Gasteiger partial charge in [-0.05, 0) is 58.6 Å². The second-order valence-electron chi connectivity index (χ2n) is 8.64. The number of benzene rings is 1. The molecule has 2 fully saturated rings. The molecule has 0 radical (unpaired) electrons. The first kappa shape index (κ1) is 20.9. The maximum atomic E-state index is 14.2. The number of nitrogens with zero attached hydrogens (tertiary/aromatic N) is 2. The fourth-order valence-electron chi connectivity index (χ4n) is 3.50. The van der Waals surface area contributed by atoms with Gasteiger partial charge in [0.25, 0.3) is 0 Å². The van der Waals surface area contributed by atoms with Crippen molar-refractivity contribution in [1.82, 2.24) is 9.80 Å². The first-order chi connectivity index (χ1) is 13.2. The van der Waals surface area contributed by atoms with Crippen molar-refractivity contribution in [3.05, 3.63) is 34.6 Å². The molecular formula is C21H28ClFN2O3. The standard InChI is InChI=1S/C21H28ClFN2O3/c1-21(2,3)28-20(27)24-11-9-14(10-12-24)19(26)25(15-7-8-15)13-16-17(22)5-4-6-18(16)23/h4-6,14-15H,7-13H2,1-3H3. The van der Waals surface area contributed by atoms with E-state index in [0.717, 1.165) is 12.8 Å². The van der Waals surface area contributed by atoms with E-state index in [1.165, 1.54) is 6.07 Å². The molecule has 5 nitrogen and oxygen atoms in total. The van der Waals surface area contributed by atoms with Crippen LogP contribution in [0, 0.1) is 11.7 Å². The summed E-state index contributed by atoms with van der Waals surface area (Å²) in [5.41, 5.74) is -0.165. The molecule has 1 saturated carbocycles. The van der Waals surface area contributed by atoms with Crippen LogP contribution >= 0.6 is 11.6 Å². The van der Waals surface area contributed by atoms with Gasteiger partial charge in [-0.25, -0.2) is 9.18 Å². The van der Waals surface area contributed by atoms with Gasteiger partial charge in [0.1, 0.15) is 11.4 Å². The smallest absolute Gasteiger partial charge is 0.410 e. The molecule has 2 amide bonds. The van der Waals surface area contributed by atoms with Crippen molar-refractivity contribution < 1.29 is 18.7 Å². The summed E-state index contributed by atoms with van der Waals surface area (Å²) < 4.78 is 19.6. The lowest BCUT2D eigenvalue weighted by atomic mass is 9.95. The van der Waals surface area contributed by atoms with Crippen LogP contribution in [0.3, 0.4) is 0 Å². The summed E-state index contributed by atoms with van der Waals surface area (Å²) in [6.45, 7) is 6.68. The molecule has 1 heterocycles. The van der Waals surface area contributed by atoms with E-state index in [2.05, 4.69) is 0 Å². The number of amides is 2. The molecular weight excluding hydrogens is 383 g/mol. The first-order valence-electron chi connectivity index (χ1n) is 9.87. The largest absolute Gasteiger partial charge is 0.444 e. The second-order valence-corrected chi connectivity index (χ2v) is 9.05. The zero-order valence-corrected chi connectivity index (χ0v) is 17.5. The molecule has 2 aliphatic rings. The summed E-state index contributed by atoms with van der Waals surface area (Å²) in [6.07, 6.45) is 2.72. The van der Waals surface area contributed by atoms with Gasteiger partial charge in [-0.15, -0.1) is 0 Å². The zero-order valence-electron chi connectivity index (χ0n) is 16.7. The first-order valence-corrected chi connectivity index (χ1v) is 10.2. The highest BCUT2D eigenvalue weighted by Gasteiger charge is 2.38. The monoisotopic (exact) mass is 410 g/mol. The number of ether oxygens (including phenoxy) is 1. The summed E-state index contributed by atoms with van der Waals surface area (Å²) in [7, 11) is 0. The number of rotatable bonds is 4. The Balaban J connectivity index is 1.62. The molecule has 1 aliphatic carbocycles. The van der Waals surface area contributed by atoms with Crippen molar-refractivity contribution in [2.45, 2.75) is 64.6 Å². The molecule has 1 saturated heterocycles. The molecule has 1 aromatic carbocycles. The predicted octanol–water partition coefficient (Wildman–Crippen LogP) is 4.62. The van der Waals surface area contributed by atoms with E-state index in [1.807, 2.05) is 20.8 Å². The Hall–Kier alpha value is -1.82. The molecule has 0 unspecified atom stereocenters. The van der Waals surface area contributed by atoms with Gasteiger partial charge in [0.15, 0.2) is 0 Å². The Bertz CT molecular complexity index is 717. The average molecular weight is 411 g/mol. The lowest BCUT2D eigenvalue weighted by molar-refractivity contribution is -0.138. The van der Waals surface area contributed by atoms with Crippen molar-refractivity contribution in [2.75, 3.05) is 13.1 Å². The van der Waals surface area contributed by atoms with Crippen LogP contribution in [0.1, 0.15) is 52.0 Å². The van der Waals surface area contributed by atoms with Crippen LogP contribution in [-0.4, -0.2) is 46.5 Å². The number of carbonyl (C=O) groups excluding carboxylic acids is 2. The van der Waals surface area contributed by atoms with Gasteiger partial charge in [-0.1, -0.05) is 17.7 Å². The minimum absolute atomic E-state index is 0.0330. The van der Waals surface area contributed by atoms with Crippen molar-refractivity contribution in [1.29, 1.82) is 0 Å². The Kier molecular flexibility index (Phi) is 6.18. The molecule has 154 valence electrons. The number of halogens is 2. The fourth-order valence-corrected chi connectivity index (χ4v) is 3.72. The fraction of sp³-hybridized carbons (Fsp3) is 0.619. The highest BCUT2D eigenvalue weighted by Crippen LogP contribution is 2.33.